The summed E-state index contributed by atoms with van der Waals surface area (Å²) < 4.78 is 0. The third-order valence-electron chi connectivity index (χ3n) is 4.22. The molecule has 1 fully saturated rings. The highest BCUT2D eigenvalue weighted by Crippen LogP contribution is 2.24. The van der Waals surface area contributed by atoms with Crippen LogP contribution in [0.4, 0.5) is 0 Å². The van der Waals surface area contributed by atoms with Gasteiger partial charge < -0.3 is 5.32 Å². The van der Waals surface area contributed by atoms with Gasteiger partial charge in [0.25, 0.3) is 11.8 Å². The molecule has 0 aliphatic carbocycles. The number of hydrazine groups is 1. The van der Waals surface area contributed by atoms with E-state index < -0.39 is 0 Å². The van der Waals surface area contributed by atoms with E-state index in [1.54, 1.807) is 17.8 Å². The lowest BCUT2D eigenvalue weighted by Crippen LogP contribution is -2.48. The first-order valence-corrected chi connectivity index (χ1v) is 10.1. The van der Waals surface area contributed by atoms with Crippen molar-refractivity contribution in [1.82, 2.24) is 25.3 Å². The second-order valence-corrected chi connectivity index (χ2v) is 7.81. The number of carbonyl (C=O) groups excluding carboxylic acids is 3. The number of thiazole rings is 1. The summed E-state index contributed by atoms with van der Waals surface area (Å²) in [6.45, 7) is 4.66. The highest BCUT2D eigenvalue weighted by atomic mass is 32.1. The van der Waals surface area contributed by atoms with Crippen molar-refractivity contribution in [2.45, 2.75) is 26.7 Å². The average molecular weight is 401 g/mol. The van der Waals surface area contributed by atoms with Crippen LogP contribution in [0.15, 0.2) is 29.9 Å². The number of hydrogen-bond acceptors (Lipinski definition) is 6. The van der Waals surface area contributed by atoms with Gasteiger partial charge in [-0.2, -0.15) is 0 Å². The predicted molar refractivity (Wildman–Crippen MR) is 105 cm³/mol. The van der Waals surface area contributed by atoms with Crippen molar-refractivity contribution in [3.63, 3.8) is 0 Å². The first-order valence-electron chi connectivity index (χ1n) is 9.20. The molecule has 9 heteroatoms. The summed E-state index contributed by atoms with van der Waals surface area (Å²) in [6.07, 6.45) is 4.43. The van der Waals surface area contributed by atoms with Crippen molar-refractivity contribution in [1.29, 1.82) is 0 Å². The normalized spacial score (nSPS) is 13.8. The van der Waals surface area contributed by atoms with Gasteiger partial charge in [0.1, 0.15) is 10.7 Å². The quantitative estimate of drug-likeness (QED) is 0.798. The van der Waals surface area contributed by atoms with Crippen LogP contribution in [0.3, 0.4) is 0 Å². The van der Waals surface area contributed by atoms with Crippen LogP contribution >= 0.6 is 11.3 Å². The molecular weight excluding hydrogens is 378 g/mol. The second kappa shape index (κ2) is 8.92. The molecule has 0 unspecified atom stereocenters. The molecule has 3 amide bonds. The maximum absolute atomic E-state index is 12.9. The lowest BCUT2D eigenvalue weighted by Gasteiger charge is -2.27. The van der Waals surface area contributed by atoms with E-state index >= 15 is 0 Å². The topological polar surface area (TPSA) is 95.5 Å². The molecule has 1 aliphatic rings. The summed E-state index contributed by atoms with van der Waals surface area (Å²) in [5.74, 6) is -0.559. The van der Waals surface area contributed by atoms with E-state index in [2.05, 4.69) is 15.3 Å². The summed E-state index contributed by atoms with van der Waals surface area (Å²) >= 11 is 1.36. The fraction of sp³-hybridized carbons (Fsp3) is 0.421. The molecule has 8 nitrogen and oxygen atoms in total. The van der Waals surface area contributed by atoms with Gasteiger partial charge in [-0.3, -0.25) is 19.4 Å². The summed E-state index contributed by atoms with van der Waals surface area (Å²) in [4.78, 5) is 45.6. The number of amides is 3. The van der Waals surface area contributed by atoms with E-state index in [9.17, 15) is 14.4 Å². The number of nitrogens with one attached hydrogen (secondary N) is 1. The Morgan fingerprint density at radius 2 is 2.04 bits per heavy atom. The molecule has 2 aromatic heterocycles. The number of pyridine rings is 1. The Hall–Kier alpha value is -2.81. The third kappa shape index (κ3) is 4.72. The van der Waals surface area contributed by atoms with Crippen molar-refractivity contribution in [2.24, 2.45) is 5.92 Å². The molecule has 0 radical (unpaired) electrons. The van der Waals surface area contributed by atoms with E-state index in [0.29, 0.717) is 36.6 Å². The standard InChI is InChI=1S/C19H23N5O3S/c1-13(2)9-16(25)21-11-17(26)23-7-4-8-24(23)19(27)15-12-28-18(22-15)14-5-3-6-20-10-14/h3,5-6,10,12-13H,4,7-9,11H2,1-2H3,(H,21,25). The molecule has 2 aromatic rings. The van der Waals surface area contributed by atoms with Crippen molar-refractivity contribution >= 4 is 29.1 Å². The number of aromatic nitrogens is 2. The molecule has 1 aliphatic heterocycles. The monoisotopic (exact) mass is 401 g/mol. The van der Waals surface area contributed by atoms with Crippen LogP contribution in [-0.4, -0.2) is 57.3 Å². The lowest BCUT2D eigenvalue weighted by molar-refractivity contribution is -0.141. The van der Waals surface area contributed by atoms with Crippen LogP contribution in [0, 0.1) is 5.92 Å². The Morgan fingerprint density at radius 3 is 2.75 bits per heavy atom. The third-order valence-corrected chi connectivity index (χ3v) is 5.11. The molecule has 1 saturated heterocycles. The van der Waals surface area contributed by atoms with Crippen LogP contribution in [0.25, 0.3) is 10.6 Å². The van der Waals surface area contributed by atoms with E-state index in [1.807, 2.05) is 26.0 Å². The predicted octanol–water partition coefficient (Wildman–Crippen LogP) is 1.96. The van der Waals surface area contributed by atoms with Crippen LogP contribution in [0.2, 0.25) is 0 Å². The Bertz CT molecular complexity index is 852. The van der Waals surface area contributed by atoms with Gasteiger partial charge in [0.15, 0.2) is 0 Å². The minimum atomic E-state index is -0.314. The molecule has 3 heterocycles. The summed E-state index contributed by atoms with van der Waals surface area (Å²) in [7, 11) is 0. The Labute approximate surface area is 167 Å². The minimum Gasteiger partial charge on any atom is -0.347 e. The molecule has 0 spiro atoms. The molecule has 0 bridgehead atoms. The molecule has 1 N–H and O–H groups in total. The Morgan fingerprint density at radius 1 is 1.25 bits per heavy atom. The Kier molecular flexibility index (Phi) is 6.35. The maximum Gasteiger partial charge on any atom is 0.291 e. The first-order chi connectivity index (χ1) is 13.5. The fourth-order valence-corrected chi connectivity index (χ4v) is 3.70. The molecular formula is C19H23N5O3S. The molecule has 0 atom stereocenters. The fourth-order valence-electron chi connectivity index (χ4n) is 2.92. The van der Waals surface area contributed by atoms with Crippen molar-refractivity contribution in [3.8, 4) is 10.6 Å². The highest BCUT2D eigenvalue weighted by Gasteiger charge is 2.32. The van der Waals surface area contributed by atoms with Crippen LogP contribution in [0.1, 0.15) is 37.2 Å². The van der Waals surface area contributed by atoms with Gasteiger partial charge in [0.05, 0.1) is 6.54 Å². The van der Waals surface area contributed by atoms with Crippen molar-refractivity contribution in [2.75, 3.05) is 19.6 Å². The SMILES string of the molecule is CC(C)CC(=O)NCC(=O)N1CCCN1C(=O)c1csc(-c2cccnc2)n1. The lowest BCUT2D eigenvalue weighted by atomic mass is 10.1. The average Bonchev–Trinajstić information content (AvgIpc) is 3.35. The number of hydrogen-bond donors (Lipinski definition) is 1. The summed E-state index contributed by atoms with van der Waals surface area (Å²) in [5, 5.41) is 7.84. The van der Waals surface area contributed by atoms with Gasteiger partial charge >= 0.3 is 0 Å². The van der Waals surface area contributed by atoms with Crippen molar-refractivity contribution < 1.29 is 14.4 Å². The van der Waals surface area contributed by atoms with E-state index in [1.165, 1.54) is 21.4 Å². The number of carbonyl (C=O) groups is 3. The van der Waals surface area contributed by atoms with Gasteiger partial charge in [-0.25, -0.2) is 15.0 Å². The van der Waals surface area contributed by atoms with Gasteiger partial charge in [-0.15, -0.1) is 11.3 Å². The zero-order valence-corrected chi connectivity index (χ0v) is 16.7. The molecule has 3 rings (SSSR count). The largest absolute Gasteiger partial charge is 0.347 e. The zero-order chi connectivity index (χ0) is 20.1. The number of rotatable bonds is 6. The van der Waals surface area contributed by atoms with Crippen LogP contribution in [0.5, 0.6) is 0 Å². The van der Waals surface area contributed by atoms with E-state index in [0.717, 1.165) is 5.56 Å². The molecule has 0 saturated carbocycles. The van der Waals surface area contributed by atoms with E-state index in [-0.39, 0.29) is 30.2 Å². The zero-order valence-electron chi connectivity index (χ0n) is 15.9. The summed E-state index contributed by atoms with van der Waals surface area (Å²) in [6, 6.07) is 3.69. The van der Waals surface area contributed by atoms with Gasteiger partial charge in [-0.1, -0.05) is 13.8 Å². The van der Waals surface area contributed by atoms with Gasteiger partial charge in [0, 0.05) is 42.8 Å². The van der Waals surface area contributed by atoms with Crippen LogP contribution < -0.4 is 5.32 Å². The second-order valence-electron chi connectivity index (χ2n) is 6.95. The molecule has 148 valence electrons. The molecule has 28 heavy (non-hydrogen) atoms. The summed E-state index contributed by atoms with van der Waals surface area (Å²) in [5.41, 5.74) is 1.14. The highest BCUT2D eigenvalue weighted by molar-refractivity contribution is 7.13. The maximum atomic E-state index is 12.9. The van der Waals surface area contributed by atoms with E-state index in [4.69, 9.17) is 0 Å². The molecule has 0 aromatic carbocycles. The minimum absolute atomic E-state index is 0.118. The van der Waals surface area contributed by atoms with Crippen LogP contribution in [-0.2, 0) is 9.59 Å². The Balaban J connectivity index is 1.64. The number of nitrogens with zero attached hydrogens (tertiary/aromatic N) is 4. The van der Waals surface area contributed by atoms with Gasteiger partial charge in [-0.05, 0) is 24.5 Å². The first kappa shape index (κ1) is 19.9. The van der Waals surface area contributed by atoms with Crippen molar-refractivity contribution in [3.05, 3.63) is 35.6 Å². The van der Waals surface area contributed by atoms with Gasteiger partial charge in [0.2, 0.25) is 5.91 Å². The smallest absolute Gasteiger partial charge is 0.291 e.